The van der Waals surface area contributed by atoms with E-state index in [1.54, 1.807) is 0 Å². The van der Waals surface area contributed by atoms with Crippen LogP contribution in [-0.2, 0) is 0 Å². The maximum Gasteiger partial charge on any atom is -0.0383 e. The van der Waals surface area contributed by atoms with Crippen LogP contribution in [0, 0.1) is 11.8 Å². The van der Waals surface area contributed by atoms with Crippen LogP contribution in [0.5, 0.6) is 0 Å². The maximum atomic E-state index is 2.35. The standard InChI is InChI=1S/C9H19/c1-5-6-7-8-9(2,3)4/h6H,5,7-8H2,1-4H3. The van der Waals surface area contributed by atoms with Crippen molar-refractivity contribution in [3.63, 3.8) is 0 Å². The Morgan fingerprint density at radius 1 is 1.22 bits per heavy atom. The minimum absolute atomic E-state index is 0.520. The third-order valence-corrected chi connectivity index (χ3v) is 1.39. The van der Waals surface area contributed by atoms with Gasteiger partial charge in [0.1, 0.15) is 0 Å². The summed E-state index contributed by atoms with van der Waals surface area (Å²) in [7, 11) is 0. The molecule has 0 heteroatoms. The van der Waals surface area contributed by atoms with Gasteiger partial charge in [0, 0.05) is 0 Å². The molecule has 0 N–H and O–H groups in total. The first kappa shape index (κ1) is 9.00. The molecule has 1 radical (unpaired) electrons. The second-order valence-corrected chi connectivity index (χ2v) is 3.80. The Balaban J connectivity index is 3.07. The van der Waals surface area contributed by atoms with Crippen molar-refractivity contribution in [1.82, 2.24) is 0 Å². The molecule has 0 heterocycles. The molecule has 0 nitrogen and oxygen atoms in total. The summed E-state index contributed by atoms with van der Waals surface area (Å²) in [4.78, 5) is 0. The molecule has 0 aromatic carbocycles. The zero-order chi connectivity index (χ0) is 7.33. The molecule has 0 fully saturated rings. The van der Waals surface area contributed by atoms with Crippen molar-refractivity contribution in [3.05, 3.63) is 6.42 Å². The topological polar surface area (TPSA) is 0 Å². The van der Waals surface area contributed by atoms with Gasteiger partial charge in [0.05, 0.1) is 0 Å². The lowest BCUT2D eigenvalue weighted by Gasteiger charge is -2.16. The molecule has 0 rings (SSSR count). The van der Waals surface area contributed by atoms with Crippen molar-refractivity contribution < 1.29 is 0 Å². The van der Waals surface area contributed by atoms with E-state index < -0.39 is 0 Å². The van der Waals surface area contributed by atoms with Gasteiger partial charge in [0.2, 0.25) is 0 Å². The van der Waals surface area contributed by atoms with E-state index in [9.17, 15) is 0 Å². The van der Waals surface area contributed by atoms with Gasteiger partial charge in [-0.1, -0.05) is 34.1 Å². The summed E-state index contributed by atoms with van der Waals surface area (Å²) in [6, 6.07) is 0. The Morgan fingerprint density at radius 3 is 2.11 bits per heavy atom. The summed E-state index contributed by atoms with van der Waals surface area (Å²) in [6.45, 7) is 9.06. The largest absolute Gasteiger partial charge is 0.0651 e. The van der Waals surface area contributed by atoms with E-state index in [0.717, 1.165) is 0 Å². The van der Waals surface area contributed by atoms with Crippen molar-refractivity contribution in [2.45, 2.75) is 47.0 Å². The van der Waals surface area contributed by atoms with E-state index in [1.165, 1.54) is 19.3 Å². The fourth-order valence-corrected chi connectivity index (χ4v) is 0.739. The normalized spacial score (nSPS) is 12.0. The number of unbranched alkanes of at least 4 members (excludes halogenated alkanes) is 2. The number of hydrogen-bond acceptors (Lipinski definition) is 0. The molecule has 9 heavy (non-hydrogen) atoms. The first-order valence-electron chi connectivity index (χ1n) is 3.88. The minimum Gasteiger partial charge on any atom is -0.0651 e. The van der Waals surface area contributed by atoms with E-state index in [2.05, 4.69) is 34.1 Å². The Kier molecular flexibility index (Phi) is 3.92. The lowest BCUT2D eigenvalue weighted by atomic mass is 9.90. The summed E-state index contributed by atoms with van der Waals surface area (Å²) in [5.74, 6) is 0. The summed E-state index contributed by atoms with van der Waals surface area (Å²) in [5, 5.41) is 0. The Bertz CT molecular complexity index is 56.9. The van der Waals surface area contributed by atoms with Crippen LogP contribution >= 0.6 is 0 Å². The van der Waals surface area contributed by atoms with E-state index >= 15 is 0 Å². The van der Waals surface area contributed by atoms with Gasteiger partial charge in [-0.15, -0.1) is 0 Å². The first-order valence-corrected chi connectivity index (χ1v) is 3.88. The summed E-state index contributed by atoms with van der Waals surface area (Å²) in [6.07, 6.45) is 6.17. The van der Waals surface area contributed by atoms with Crippen LogP contribution < -0.4 is 0 Å². The van der Waals surface area contributed by atoms with Gasteiger partial charge < -0.3 is 0 Å². The summed E-state index contributed by atoms with van der Waals surface area (Å²) >= 11 is 0. The van der Waals surface area contributed by atoms with Crippen molar-refractivity contribution >= 4 is 0 Å². The van der Waals surface area contributed by atoms with E-state index in [1.807, 2.05) is 0 Å². The Hall–Kier alpha value is 0. The Morgan fingerprint density at radius 2 is 1.78 bits per heavy atom. The van der Waals surface area contributed by atoms with E-state index in [4.69, 9.17) is 0 Å². The molecule has 0 saturated carbocycles. The third-order valence-electron chi connectivity index (χ3n) is 1.39. The smallest absolute Gasteiger partial charge is 0.0383 e. The molecule has 0 saturated heterocycles. The molecule has 0 atom stereocenters. The van der Waals surface area contributed by atoms with Crippen LogP contribution in [0.1, 0.15) is 47.0 Å². The minimum atomic E-state index is 0.520. The number of rotatable bonds is 3. The van der Waals surface area contributed by atoms with E-state index in [0.29, 0.717) is 5.41 Å². The molecular formula is C9H19. The molecule has 0 aromatic heterocycles. The van der Waals surface area contributed by atoms with E-state index in [-0.39, 0.29) is 0 Å². The van der Waals surface area contributed by atoms with Gasteiger partial charge in [-0.2, -0.15) is 0 Å². The zero-order valence-electron chi connectivity index (χ0n) is 7.20. The van der Waals surface area contributed by atoms with Crippen LogP contribution in [0.4, 0.5) is 0 Å². The monoisotopic (exact) mass is 127 g/mol. The lowest BCUT2D eigenvalue weighted by Crippen LogP contribution is -2.03. The van der Waals surface area contributed by atoms with Gasteiger partial charge in [0.15, 0.2) is 0 Å². The van der Waals surface area contributed by atoms with Crippen molar-refractivity contribution in [1.29, 1.82) is 0 Å². The summed E-state index contributed by atoms with van der Waals surface area (Å²) in [5.41, 5.74) is 0.520. The average Bonchev–Trinajstić information content (AvgIpc) is 1.63. The highest BCUT2D eigenvalue weighted by Crippen LogP contribution is 2.21. The van der Waals surface area contributed by atoms with Gasteiger partial charge in [-0.3, -0.25) is 0 Å². The van der Waals surface area contributed by atoms with Crippen LogP contribution in [0.2, 0.25) is 0 Å². The molecule has 55 valence electrons. The van der Waals surface area contributed by atoms with Crippen LogP contribution in [0.3, 0.4) is 0 Å². The average molecular weight is 127 g/mol. The van der Waals surface area contributed by atoms with Crippen LogP contribution in [0.25, 0.3) is 0 Å². The fraction of sp³-hybridized carbons (Fsp3) is 0.889. The lowest BCUT2D eigenvalue weighted by molar-refractivity contribution is 0.375. The van der Waals surface area contributed by atoms with Crippen molar-refractivity contribution in [2.24, 2.45) is 5.41 Å². The molecule has 0 aliphatic carbocycles. The van der Waals surface area contributed by atoms with Crippen molar-refractivity contribution in [3.8, 4) is 0 Å². The third kappa shape index (κ3) is 8.00. The molecule has 0 unspecified atom stereocenters. The van der Waals surface area contributed by atoms with Crippen molar-refractivity contribution in [2.75, 3.05) is 0 Å². The van der Waals surface area contributed by atoms with Gasteiger partial charge >= 0.3 is 0 Å². The quantitative estimate of drug-likeness (QED) is 0.509. The summed E-state index contributed by atoms with van der Waals surface area (Å²) < 4.78 is 0. The molecule has 0 aliphatic rings. The highest BCUT2D eigenvalue weighted by atomic mass is 14.1. The molecule has 0 aromatic rings. The van der Waals surface area contributed by atoms with Crippen LogP contribution in [0.15, 0.2) is 0 Å². The van der Waals surface area contributed by atoms with Crippen LogP contribution in [-0.4, -0.2) is 0 Å². The first-order chi connectivity index (χ1) is 4.06. The molecule has 0 amide bonds. The fourth-order valence-electron chi connectivity index (χ4n) is 0.739. The maximum absolute atomic E-state index is 2.35. The highest BCUT2D eigenvalue weighted by molar-refractivity contribution is 4.68. The van der Waals surface area contributed by atoms with Gasteiger partial charge in [-0.05, 0) is 24.7 Å². The Labute approximate surface area is 59.7 Å². The predicted octanol–water partition coefficient (Wildman–Crippen LogP) is 3.43. The van der Waals surface area contributed by atoms with Gasteiger partial charge in [-0.25, -0.2) is 0 Å². The predicted molar refractivity (Wildman–Crippen MR) is 43.3 cm³/mol. The molecular weight excluding hydrogens is 108 g/mol. The number of hydrogen-bond donors (Lipinski definition) is 0. The molecule has 0 aliphatic heterocycles. The molecule has 0 spiro atoms. The SMILES string of the molecule is CC[CH]CCC(C)(C)C. The second-order valence-electron chi connectivity index (χ2n) is 3.80. The second kappa shape index (κ2) is 3.92. The van der Waals surface area contributed by atoms with Gasteiger partial charge in [0.25, 0.3) is 0 Å². The zero-order valence-corrected chi connectivity index (χ0v) is 7.20. The highest BCUT2D eigenvalue weighted by Gasteiger charge is 2.07. The molecule has 0 bridgehead atoms.